The van der Waals surface area contributed by atoms with E-state index in [-0.39, 0.29) is 23.9 Å². The van der Waals surface area contributed by atoms with Crippen molar-refractivity contribution in [3.8, 4) is 0 Å². The third kappa shape index (κ3) is 3.63. The molecule has 0 aromatic heterocycles. The molecule has 0 saturated carbocycles. The molecule has 1 aromatic carbocycles. The maximum Gasteiger partial charge on any atom is 0.245 e. The Morgan fingerprint density at radius 2 is 1.86 bits per heavy atom. The molecule has 0 bridgehead atoms. The lowest BCUT2D eigenvalue weighted by Crippen LogP contribution is -2.63. The van der Waals surface area contributed by atoms with Gasteiger partial charge in [-0.3, -0.25) is 9.59 Å². The van der Waals surface area contributed by atoms with Crippen LogP contribution in [0, 0.1) is 0 Å². The zero-order chi connectivity index (χ0) is 15.2. The molecule has 1 aliphatic heterocycles. The Bertz CT molecular complexity index is 487. The molecular weight excluding hydrogens is 264 g/mol. The minimum absolute atomic E-state index is 0.00337. The molecule has 1 aliphatic rings. The fourth-order valence-electron chi connectivity index (χ4n) is 2.82. The monoisotopic (exact) mass is 288 g/mol. The van der Waals surface area contributed by atoms with Gasteiger partial charge in [-0.1, -0.05) is 50.6 Å². The lowest BCUT2D eigenvalue weighted by molar-refractivity contribution is -0.149. The van der Waals surface area contributed by atoms with E-state index < -0.39 is 0 Å². The van der Waals surface area contributed by atoms with Crippen LogP contribution >= 0.6 is 0 Å². The van der Waals surface area contributed by atoms with Gasteiger partial charge >= 0.3 is 0 Å². The van der Waals surface area contributed by atoms with Crippen molar-refractivity contribution in [3.05, 3.63) is 35.9 Å². The Morgan fingerprint density at radius 3 is 2.48 bits per heavy atom. The molecule has 2 atom stereocenters. The fraction of sp³-hybridized carbons (Fsp3) is 0.529. The predicted octanol–water partition coefficient (Wildman–Crippen LogP) is 2.13. The van der Waals surface area contributed by atoms with E-state index in [0.29, 0.717) is 13.0 Å². The molecule has 1 N–H and O–H groups in total. The molecule has 1 aromatic rings. The van der Waals surface area contributed by atoms with Gasteiger partial charge in [-0.15, -0.1) is 0 Å². The van der Waals surface area contributed by atoms with Gasteiger partial charge in [0.2, 0.25) is 11.8 Å². The van der Waals surface area contributed by atoms with Gasteiger partial charge in [0.1, 0.15) is 12.1 Å². The van der Waals surface area contributed by atoms with Gasteiger partial charge in [0.15, 0.2) is 0 Å². The van der Waals surface area contributed by atoms with Crippen molar-refractivity contribution >= 4 is 11.8 Å². The van der Waals surface area contributed by atoms with Crippen molar-refractivity contribution in [1.29, 1.82) is 0 Å². The highest BCUT2D eigenvalue weighted by atomic mass is 16.2. The van der Waals surface area contributed by atoms with E-state index in [9.17, 15) is 9.59 Å². The van der Waals surface area contributed by atoms with Gasteiger partial charge in [0, 0.05) is 6.54 Å². The molecule has 0 radical (unpaired) electrons. The van der Waals surface area contributed by atoms with Crippen molar-refractivity contribution in [3.63, 3.8) is 0 Å². The Kier molecular flexibility index (Phi) is 5.37. The van der Waals surface area contributed by atoms with E-state index in [4.69, 9.17) is 0 Å². The number of carbonyl (C=O) groups is 2. The Morgan fingerprint density at radius 1 is 1.14 bits per heavy atom. The summed E-state index contributed by atoms with van der Waals surface area (Å²) in [6.45, 7) is 4.58. The first-order valence-corrected chi connectivity index (χ1v) is 7.82. The highest BCUT2D eigenvalue weighted by Gasteiger charge is 2.38. The van der Waals surface area contributed by atoms with Crippen LogP contribution in [0.3, 0.4) is 0 Å². The van der Waals surface area contributed by atoms with Crippen LogP contribution < -0.4 is 5.32 Å². The molecule has 2 unspecified atom stereocenters. The van der Waals surface area contributed by atoms with Crippen molar-refractivity contribution in [2.45, 2.75) is 51.6 Å². The van der Waals surface area contributed by atoms with Crippen LogP contribution in [-0.4, -0.2) is 35.3 Å². The number of hydrogen-bond donors (Lipinski definition) is 1. The lowest BCUT2D eigenvalue weighted by Gasteiger charge is -2.38. The summed E-state index contributed by atoms with van der Waals surface area (Å²) >= 11 is 0. The number of hydrogen-bond acceptors (Lipinski definition) is 2. The van der Waals surface area contributed by atoms with Crippen LogP contribution in [0.25, 0.3) is 0 Å². The van der Waals surface area contributed by atoms with Crippen LogP contribution in [0.5, 0.6) is 0 Å². The Labute approximate surface area is 126 Å². The van der Waals surface area contributed by atoms with E-state index in [0.717, 1.165) is 19.3 Å². The largest absolute Gasteiger partial charge is 0.343 e. The smallest absolute Gasteiger partial charge is 0.245 e. The highest BCUT2D eigenvalue weighted by Crippen LogP contribution is 2.17. The quantitative estimate of drug-likeness (QED) is 0.872. The highest BCUT2D eigenvalue weighted by molar-refractivity contribution is 5.96. The number of benzene rings is 1. The number of piperazine rings is 1. The van der Waals surface area contributed by atoms with Crippen LogP contribution in [-0.2, 0) is 16.0 Å². The van der Waals surface area contributed by atoms with Gasteiger partial charge in [-0.05, 0) is 24.8 Å². The lowest BCUT2D eigenvalue weighted by atomic mass is 10.0. The maximum atomic E-state index is 12.5. The number of rotatable bonds is 6. The summed E-state index contributed by atoms with van der Waals surface area (Å²) in [6, 6.07) is 9.42. The molecule has 21 heavy (non-hydrogen) atoms. The average molecular weight is 288 g/mol. The summed E-state index contributed by atoms with van der Waals surface area (Å²) in [7, 11) is 0. The summed E-state index contributed by atoms with van der Waals surface area (Å²) in [4.78, 5) is 26.5. The van der Waals surface area contributed by atoms with Gasteiger partial charge in [-0.25, -0.2) is 0 Å². The van der Waals surface area contributed by atoms with E-state index in [1.807, 2.05) is 32.0 Å². The fourth-order valence-corrected chi connectivity index (χ4v) is 2.82. The normalized spacial score (nSPS) is 22.3. The second-order valence-electron chi connectivity index (χ2n) is 5.54. The molecule has 1 heterocycles. The number of amides is 2. The van der Waals surface area contributed by atoms with E-state index >= 15 is 0 Å². The summed E-state index contributed by atoms with van der Waals surface area (Å²) < 4.78 is 0. The summed E-state index contributed by atoms with van der Waals surface area (Å²) in [6.07, 6.45) is 3.05. The molecule has 1 fully saturated rings. The first kappa shape index (κ1) is 15.5. The maximum absolute atomic E-state index is 12.5. The van der Waals surface area contributed by atoms with Crippen molar-refractivity contribution in [2.75, 3.05) is 6.54 Å². The Hall–Kier alpha value is -1.84. The third-order valence-electron chi connectivity index (χ3n) is 4.03. The molecule has 4 heteroatoms. The van der Waals surface area contributed by atoms with Gasteiger partial charge in [0.05, 0.1) is 0 Å². The summed E-state index contributed by atoms with van der Waals surface area (Å²) in [5.74, 6) is 0.0582. The molecule has 4 nitrogen and oxygen atoms in total. The minimum Gasteiger partial charge on any atom is -0.343 e. The molecular formula is C17H24N2O2. The standard InChI is InChI=1S/C17H24N2O2/c1-3-8-15-16(20)18-14(4-2)17(21)19(15)12-11-13-9-6-5-7-10-13/h5-7,9-10,14-15H,3-4,8,11-12H2,1-2H3,(H,18,20). The zero-order valence-corrected chi connectivity index (χ0v) is 12.8. The first-order valence-electron chi connectivity index (χ1n) is 7.82. The van der Waals surface area contributed by atoms with Gasteiger partial charge < -0.3 is 10.2 Å². The minimum atomic E-state index is -0.360. The second-order valence-corrected chi connectivity index (χ2v) is 5.54. The van der Waals surface area contributed by atoms with Crippen LogP contribution in [0.15, 0.2) is 30.3 Å². The van der Waals surface area contributed by atoms with E-state index in [1.54, 1.807) is 4.90 Å². The SMILES string of the molecule is CCCC1C(=O)NC(CC)C(=O)N1CCc1ccccc1. The van der Waals surface area contributed by atoms with Crippen LogP contribution in [0.1, 0.15) is 38.7 Å². The number of nitrogens with one attached hydrogen (secondary N) is 1. The van der Waals surface area contributed by atoms with Gasteiger partial charge in [0.25, 0.3) is 0 Å². The predicted molar refractivity (Wildman–Crippen MR) is 82.8 cm³/mol. The van der Waals surface area contributed by atoms with Crippen LogP contribution in [0.2, 0.25) is 0 Å². The zero-order valence-electron chi connectivity index (χ0n) is 12.8. The molecule has 0 aliphatic carbocycles. The molecule has 114 valence electrons. The van der Waals surface area contributed by atoms with E-state index in [1.165, 1.54) is 5.56 Å². The topological polar surface area (TPSA) is 49.4 Å². The van der Waals surface area contributed by atoms with Crippen LogP contribution in [0.4, 0.5) is 0 Å². The summed E-state index contributed by atoms with van der Waals surface area (Å²) in [5.41, 5.74) is 1.19. The molecule has 2 amide bonds. The second kappa shape index (κ2) is 7.25. The van der Waals surface area contributed by atoms with Crippen molar-refractivity contribution in [1.82, 2.24) is 10.2 Å². The first-order chi connectivity index (χ1) is 10.2. The number of carbonyl (C=O) groups excluding carboxylic acids is 2. The Balaban J connectivity index is 2.10. The molecule has 2 rings (SSSR count). The average Bonchev–Trinajstić information content (AvgIpc) is 2.51. The molecule has 1 saturated heterocycles. The van der Waals surface area contributed by atoms with Gasteiger partial charge in [-0.2, -0.15) is 0 Å². The number of nitrogens with zero attached hydrogens (tertiary/aromatic N) is 1. The van der Waals surface area contributed by atoms with E-state index in [2.05, 4.69) is 17.4 Å². The third-order valence-corrected chi connectivity index (χ3v) is 4.03. The molecule has 0 spiro atoms. The van der Waals surface area contributed by atoms with Crippen molar-refractivity contribution < 1.29 is 9.59 Å². The van der Waals surface area contributed by atoms with Crippen molar-refractivity contribution in [2.24, 2.45) is 0 Å². The summed E-state index contributed by atoms with van der Waals surface area (Å²) in [5, 5.41) is 2.85.